The van der Waals surface area contributed by atoms with Crippen molar-refractivity contribution in [3.05, 3.63) is 25.3 Å². The summed E-state index contributed by atoms with van der Waals surface area (Å²) >= 11 is 0. The highest BCUT2D eigenvalue weighted by Gasteiger charge is 1.97. The number of ether oxygens (including phenoxy) is 2. The average molecular weight is 338 g/mol. The van der Waals surface area contributed by atoms with Gasteiger partial charge in [-0.3, -0.25) is 0 Å². The summed E-state index contributed by atoms with van der Waals surface area (Å²) < 4.78 is 9.86. The highest BCUT2D eigenvalue weighted by Crippen LogP contribution is 2.12. The molecule has 4 nitrogen and oxygen atoms in total. The van der Waals surface area contributed by atoms with Crippen LogP contribution in [-0.4, -0.2) is 25.2 Å². The molecule has 0 N–H and O–H groups in total. The van der Waals surface area contributed by atoms with Crippen LogP contribution in [0.25, 0.3) is 0 Å². The monoisotopic (exact) mass is 338 g/mol. The summed E-state index contributed by atoms with van der Waals surface area (Å²) in [5, 5.41) is 0. The Balaban J connectivity index is 3.07. The fourth-order valence-electron chi connectivity index (χ4n) is 2.44. The largest absolute Gasteiger partial charge is 0.463 e. The van der Waals surface area contributed by atoms with Crippen molar-refractivity contribution < 1.29 is 19.1 Å². The number of hydrogen-bond acceptors (Lipinski definition) is 4. The van der Waals surface area contributed by atoms with E-state index in [1.165, 1.54) is 63.5 Å². The highest BCUT2D eigenvalue weighted by molar-refractivity contribution is 5.81. The van der Waals surface area contributed by atoms with Crippen molar-refractivity contribution in [2.45, 2.75) is 77.0 Å². The Labute approximate surface area is 147 Å². The molecule has 0 fully saturated rings. The van der Waals surface area contributed by atoms with Crippen molar-refractivity contribution in [3.8, 4) is 0 Å². The van der Waals surface area contributed by atoms with Crippen molar-refractivity contribution in [3.63, 3.8) is 0 Å². The van der Waals surface area contributed by atoms with Crippen molar-refractivity contribution in [1.29, 1.82) is 0 Å². The molecule has 0 heterocycles. The standard InChI is InChI=1S/C20H34O4/c1-3-19(21)23-17-15-13-11-9-7-5-6-8-10-12-14-16-18-24-20(22)4-2/h3-4H,1-2,5-18H2. The van der Waals surface area contributed by atoms with E-state index in [1.54, 1.807) is 0 Å². The molecule has 0 atom stereocenters. The van der Waals surface area contributed by atoms with Gasteiger partial charge in [-0.15, -0.1) is 0 Å². The quantitative estimate of drug-likeness (QED) is 0.210. The molecule has 0 unspecified atom stereocenters. The van der Waals surface area contributed by atoms with Gasteiger partial charge in [0.1, 0.15) is 0 Å². The molecule has 4 heteroatoms. The van der Waals surface area contributed by atoms with Gasteiger partial charge in [0, 0.05) is 12.2 Å². The van der Waals surface area contributed by atoms with Crippen LogP contribution < -0.4 is 0 Å². The zero-order valence-corrected chi connectivity index (χ0v) is 15.1. The molecule has 0 bridgehead atoms. The summed E-state index contributed by atoms with van der Waals surface area (Å²) in [5.41, 5.74) is 0. The van der Waals surface area contributed by atoms with Crippen molar-refractivity contribution in [2.24, 2.45) is 0 Å². The Hall–Kier alpha value is -1.58. The molecule has 138 valence electrons. The molecule has 24 heavy (non-hydrogen) atoms. The van der Waals surface area contributed by atoms with E-state index in [0.29, 0.717) is 13.2 Å². The van der Waals surface area contributed by atoms with E-state index in [2.05, 4.69) is 13.2 Å². The van der Waals surface area contributed by atoms with Crippen LogP contribution in [0.3, 0.4) is 0 Å². The zero-order valence-electron chi connectivity index (χ0n) is 15.1. The predicted molar refractivity (Wildman–Crippen MR) is 97.7 cm³/mol. The van der Waals surface area contributed by atoms with Gasteiger partial charge >= 0.3 is 11.9 Å². The van der Waals surface area contributed by atoms with Crippen molar-refractivity contribution >= 4 is 11.9 Å². The second kappa shape index (κ2) is 17.8. The molecule has 0 saturated carbocycles. The second-order valence-corrected chi connectivity index (χ2v) is 5.99. The van der Waals surface area contributed by atoms with Crippen LogP contribution in [0.2, 0.25) is 0 Å². The molecular weight excluding hydrogens is 304 g/mol. The van der Waals surface area contributed by atoms with Gasteiger partial charge in [0.15, 0.2) is 0 Å². The molecule has 0 aromatic rings. The summed E-state index contributed by atoms with van der Waals surface area (Å²) in [4.78, 5) is 21.6. The lowest BCUT2D eigenvalue weighted by atomic mass is 10.1. The molecule has 0 aromatic heterocycles. The van der Waals surface area contributed by atoms with Crippen LogP contribution in [0.5, 0.6) is 0 Å². The van der Waals surface area contributed by atoms with E-state index in [0.717, 1.165) is 25.7 Å². The summed E-state index contributed by atoms with van der Waals surface area (Å²) in [5.74, 6) is -0.652. The number of unbranched alkanes of at least 4 members (excludes halogenated alkanes) is 11. The van der Waals surface area contributed by atoms with Crippen molar-refractivity contribution in [2.75, 3.05) is 13.2 Å². The topological polar surface area (TPSA) is 52.6 Å². The van der Waals surface area contributed by atoms with E-state index in [4.69, 9.17) is 9.47 Å². The maximum atomic E-state index is 10.8. The van der Waals surface area contributed by atoms with Crippen LogP contribution in [0.1, 0.15) is 77.0 Å². The third-order valence-corrected chi connectivity index (χ3v) is 3.86. The van der Waals surface area contributed by atoms with E-state index in [1.807, 2.05) is 0 Å². The third-order valence-electron chi connectivity index (χ3n) is 3.86. The second-order valence-electron chi connectivity index (χ2n) is 5.99. The first-order valence-electron chi connectivity index (χ1n) is 9.29. The molecule has 0 spiro atoms. The Kier molecular flexibility index (Phi) is 16.6. The van der Waals surface area contributed by atoms with Crippen LogP contribution in [0, 0.1) is 0 Å². The van der Waals surface area contributed by atoms with E-state index >= 15 is 0 Å². The number of esters is 2. The van der Waals surface area contributed by atoms with E-state index in [9.17, 15) is 9.59 Å². The molecule has 0 aliphatic rings. The minimum absolute atomic E-state index is 0.326. The number of carbonyl (C=O) groups excluding carboxylic acids is 2. The highest BCUT2D eigenvalue weighted by atomic mass is 16.5. The van der Waals surface area contributed by atoms with E-state index < -0.39 is 0 Å². The molecule has 0 saturated heterocycles. The Morgan fingerprint density at radius 3 is 1.04 bits per heavy atom. The summed E-state index contributed by atoms with van der Waals surface area (Å²) in [6.07, 6.45) is 16.7. The van der Waals surface area contributed by atoms with Crippen LogP contribution in [-0.2, 0) is 19.1 Å². The number of rotatable bonds is 17. The molecule has 0 amide bonds. The summed E-state index contributed by atoms with van der Waals surface area (Å²) in [6, 6.07) is 0. The summed E-state index contributed by atoms with van der Waals surface area (Å²) in [7, 11) is 0. The SMILES string of the molecule is C=CC(=O)OCCCCCCCCCCCCCCOC(=O)C=C. The van der Waals surface area contributed by atoms with Gasteiger partial charge in [0.2, 0.25) is 0 Å². The fourth-order valence-corrected chi connectivity index (χ4v) is 2.44. The van der Waals surface area contributed by atoms with Gasteiger partial charge < -0.3 is 9.47 Å². The minimum atomic E-state index is -0.326. The fraction of sp³-hybridized carbons (Fsp3) is 0.700. The smallest absolute Gasteiger partial charge is 0.330 e. The predicted octanol–water partition coefficient (Wildman–Crippen LogP) is 5.13. The van der Waals surface area contributed by atoms with E-state index in [-0.39, 0.29) is 11.9 Å². The van der Waals surface area contributed by atoms with Gasteiger partial charge in [0.25, 0.3) is 0 Å². The first kappa shape index (κ1) is 22.4. The molecule has 0 rings (SSSR count). The lowest BCUT2D eigenvalue weighted by molar-refractivity contribution is -0.138. The van der Waals surface area contributed by atoms with Crippen LogP contribution >= 0.6 is 0 Å². The Morgan fingerprint density at radius 1 is 0.542 bits per heavy atom. The Bertz CT molecular complexity index is 316. The zero-order chi connectivity index (χ0) is 17.9. The maximum Gasteiger partial charge on any atom is 0.330 e. The molecule has 0 aliphatic heterocycles. The van der Waals surface area contributed by atoms with Gasteiger partial charge in [0.05, 0.1) is 13.2 Å². The first-order valence-corrected chi connectivity index (χ1v) is 9.29. The maximum absolute atomic E-state index is 10.8. The molecule has 0 radical (unpaired) electrons. The number of hydrogen-bond donors (Lipinski definition) is 0. The molecule has 0 aliphatic carbocycles. The van der Waals surface area contributed by atoms with Gasteiger partial charge in [-0.1, -0.05) is 77.4 Å². The van der Waals surface area contributed by atoms with Gasteiger partial charge in [-0.05, 0) is 12.8 Å². The van der Waals surface area contributed by atoms with Gasteiger partial charge in [-0.25, -0.2) is 9.59 Å². The molecular formula is C20H34O4. The average Bonchev–Trinajstić information content (AvgIpc) is 2.60. The lowest BCUT2D eigenvalue weighted by Crippen LogP contribution is -2.01. The minimum Gasteiger partial charge on any atom is -0.463 e. The van der Waals surface area contributed by atoms with Crippen LogP contribution in [0.15, 0.2) is 25.3 Å². The Morgan fingerprint density at radius 2 is 0.792 bits per heavy atom. The number of carbonyl (C=O) groups is 2. The molecule has 0 aromatic carbocycles. The third kappa shape index (κ3) is 16.8. The van der Waals surface area contributed by atoms with Gasteiger partial charge in [-0.2, -0.15) is 0 Å². The van der Waals surface area contributed by atoms with Crippen molar-refractivity contribution in [1.82, 2.24) is 0 Å². The first-order chi connectivity index (χ1) is 11.7. The normalized spacial score (nSPS) is 10.2. The summed E-state index contributed by atoms with van der Waals surface area (Å²) in [6.45, 7) is 7.75. The van der Waals surface area contributed by atoms with Crippen LogP contribution in [0.4, 0.5) is 0 Å². The lowest BCUT2D eigenvalue weighted by Gasteiger charge is -2.04.